The lowest BCUT2D eigenvalue weighted by molar-refractivity contribution is -0.111. The van der Waals surface area contributed by atoms with Crippen molar-refractivity contribution in [2.24, 2.45) is 0 Å². The second-order valence-corrected chi connectivity index (χ2v) is 5.03. The van der Waals surface area contributed by atoms with E-state index < -0.39 is 5.41 Å². The van der Waals surface area contributed by atoms with Crippen LogP contribution in [0.2, 0.25) is 0 Å². The number of hydrogen-bond donors (Lipinski definition) is 1. The molecule has 0 saturated carbocycles. The van der Waals surface area contributed by atoms with Crippen LogP contribution in [0.25, 0.3) is 0 Å². The minimum absolute atomic E-state index is 0.137. The average Bonchev–Trinajstić information content (AvgIpc) is 2.28. The fourth-order valence-electron chi connectivity index (χ4n) is 1.48. The predicted octanol–water partition coefficient (Wildman–Crippen LogP) is 3.39. The summed E-state index contributed by atoms with van der Waals surface area (Å²) in [5, 5.41) is 11.8. The van der Waals surface area contributed by atoms with Gasteiger partial charge in [0.1, 0.15) is 0 Å². The highest BCUT2D eigenvalue weighted by Crippen LogP contribution is 2.23. The molecule has 0 radical (unpaired) electrons. The summed E-state index contributed by atoms with van der Waals surface area (Å²) in [5.41, 5.74) is 2.11. The average molecular weight is 242 g/mol. The molecule has 1 N–H and O–H groups in total. The maximum Gasteiger partial charge on any atom is 0.248 e. The fraction of sp³-hybridized carbons (Fsp3) is 0.333. The van der Waals surface area contributed by atoms with Crippen molar-refractivity contribution < 1.29 is 4.79 Å². The summed E-state index contributed by atoms with van der Waals surface area (Å²) in [7, 11) is 0. The van der Waals surface area contributed by atoms with Gasteiger partial charge in [0.25, 0.3) is 0 Å². The molecule has 0 aromatic heterocycles. The Morgan fingerprint density at radius 3 is 2.28 bits per heavy atom. The van der Waals surface area contributed by atoms with Crippen molar-refractivity contribution in [2.45, 2.75) is 33.1 Å². The second kappa shape index (κ2) is 5.50. The standard InChI is InChI=1S/C15H18N2O/c1-11(2)9-14(18)17-13-7-5-12(6-8-13)15(3,4)10-16/h5-9H,1-4H3,(H,17,18). The highest BCUT2D eigenvalue weighted by atomic mass is 16.1. The van der Waals surface area contributed by atoms with Crippen molar-refractivity contribution in [3.63, 3.8) is 0 Å². The van der Waals surface area contributed by atoms with Gasteiger partial charge in [-0.25, -0.2) is 0 Å². The molecule has 94 valence electrons. The molecule has 1 aromatic rings. The number of carbonyl (C=O) groups is 1. The van der Waals surface area contributed by atoms with E-state index in [1.165, 1.54) is 0 Å². The van der Waals surface area contributed by atoms with Crippen LogP contribution in [0, 0.1) is 11.3 Å². The van der Waals surface area contributed by atoms with Crippen LogP contribution in [-0.4, -0.2) is 5.91 Å². The van der Waals surface area contributed by atoms with Crippen LogP contribution in [0.5, 0.6) is 0 Å². The summed E-state index contributed by atoms with van der Waals surface area (Å²) in [5.74, 6) is -0.137. The van der Waals surface area contributed by atoms with Crippen LogP contribution in [0.15, 0.2) is 35.9 Å². The number of nitriles is 1. The predicted molar refractivity (Wildman–Crippen MR) is 73.1 cm³/mol. The van der Waals surface area contributed by atoms with Crippen molar-refractivity contribution in [3.8, 4) is 6.07 Å². The summed E-state index contributed by atoms with van der Waals surface area (Å²) in [6, 6.07) is 9.59. The molecule has 0 fully saturated rings. The molecule has 0 heterocycles. The van der Waals surface area contributed by atoms with Crippen molar-refractivity contribution in [1.29, 1.82) is 5.26 Å². The SMILES string of the molecule is CC(C)=CC(=O)Nc1ccc(C(C)(C)C#N)cc1. The van der Waals surface area contributed by atoms with Crippen LogP contribution in [-0.2, 0) is 10.2 Å². The zero-order valence-electron chi connectivity index (χ0n) is 11.2. The zero-order valence-corrected chi connectivity index (χ0v) is 11.2. The molecule has 0 unspecified atom stereocenters. The van der Waals surface area contributed by atoms with Gasteiger partial charge in [0.05, 0.1) is 11.5 Å². The van der Waals surface area contributed by atoms with Crippen LogP contribution < -0.4 is 5.32 Å². The minimum Gasteiger partial charge on any atom is -0.323 e. The maximum absolute atomic E-state index is 11.5. The molecular formula is C15H18N2O. The smallest absolute Gasteiger partial charge is 0.248 e. The number of benzene rings is 1. The van der Waals surface area contributed by atoms with E-state index in [-0.39, 0.29) is 5.91 Å². The molecule has 0 saturated heterocycles. The highest BCUT2D eigenvalue weighted by molar-refractivity contribution is 5.99. The first-order valence-electron chi connectivity index (χ1n) is 5.83. The normalized spacial score (nSPS) is 10.4. The molecule has 1 aromatic carbocycles. The van der Waals surface area contributed by atoms with Gasteiger partial charge in [-0.3, -0.25) is 4.79 Å². The first-order chi connectivity index (χ1) is 8.35. The Kier molecular flexibility index (Phi) is 4.28. The van der Waals surface area contributed by atoms with E-state index in [1.54, 1.807) is 6.08 Å². The van der Waals surface area contributed by atoms with Crippen LogP contribution >= 0.6 is 0 Å². The maximum atomic E-state index is 11.5. The molecule has 0 spiro atoms. The summed E-state index contributed by atoms with van der Waals surface area (Å²) in [4.78, 5) is 11.5. The summed E-state index contributed by atoms with van der Waals surface area (Å²) >= 11 is 0. The molecule has 0 bridgehead atoms. The molecule has 0 aliphatic heterocycles. The number of anilines is 1. The van der Waals surface area contributed by atoms with E-state index in [4.69, 9.17) is 5.26 Å². The topological polar surface area (TPSA) is 52.9 Å². The molecule has 1 amide bonds. The third-order valence-corrected chi connectivity index (χ3v) is 2.57. The molecule has 0 atom stereocenters. The number of carbonyl (C=O) groups excluding carboxylic acids is 1. The molecule has 1 rings (SSSR count). The minimum atomic E-state index is -0.511. The van der Waals surface area contributed by atoms with Crippen LogP contribution in [0.4, 0.5) is 5.69 Å². The Labute approximate surface area is 108 Å². The molecule has 3 heteroatoms. The molecule has 0 aliphatic carbocycles. The van der Waals surface area contributed by atoms with Crippen molar-refractivity contribution >= 4 is 11.6 Å². The number of allylic oxidation sites excluding steroid dienone is 1. The highest BCUT2D eigenvalue weighted by Gasteiger charge is 2.19. The fourth-order valence-corrected chi connectivity index (χ4v) is 1.48. The third-order valence-electron chi connectivity index (χ3n) is 2.57. The lowest BCUT2D eigenvalue weighted by atomic mass is 9.86. The molecule has 0 aliphatic rings. The van der Waals surface area contributed by atoms with E-state index in [9.17, 15) is 4.79 Å². The van der Waals surface area contributed by atoms with Gasteiger partial charge in [0.2, 0.25) is 5.91 Å². The Morgan fingerprint density at radius 1 is 1.28 bits per heavy atom. The summed E-state index contributed by atoms with van der Waals surface area (Å²) in [6.07, 6.45) is 1.55. The Morgan fingerprint density at radius 2 is 1.83 bits per heavy atom. The zero-order chi connectivity index (χ0) is 13.8. The van der Waals surface area contributed by atoms with Gasteiger partial charge in [0, 0.05) is 11.8 Å². The number of nitrogens with zero attached hydrogens (tertiary/aromatic N) is 1. The van der Waals surface area contributed by atoms with Gasteiger partial charge >= 0.3 is 0 Å². The van der Waals surface area contributed by atoms with Gasteiger partial charge in [0.15, 0.2) is 0 Å². The lowest BCUT2D eigenvalue weighted by Crippen LogP contribution is -2.14. The van der Waals surface area contributed by atoms with E-state index >= 15 is 0 Å². The lowest BCUT2D eigenvalue weighted by Gasteiger charge is -2.15. The monoisotopic (exact) mass is 242 g/mol. The van der Waals surface area contributed by atoms with Gasteiger partial charge in [-0.1, -0.05) is 17.7 Å². The Hall–Kier alpha value is -2.08. The Bertz CT molecular complexity index is 500. The van der Waals surface area contributed by atoms with E-state index in [1.807, 2.05) is 52.0 Å². The van der Waals surface area contributed by atoms with Gasteiger partial charge < -0.3 is 5.32 Å². The summed E-state index contributed by atoms with van der Waals surface area (Å²) in [6.45, 7) is 7.48. The van der Waals surface area contributed by atoms with Gasteiger partial charge in [-0.05, 0) is 45.4 Å². The first kappa shape index (κ1) is 14.0. The van der Waals surface area contributed by atoms with Crippen LogP contribution in [0.1, 0.15) is 33.3 Å². The second-order valence-electron chi connectivity index (χ2n) is 5.03. The molecule has 3 nitrogen and oxygen atoms in total. The van der Waals surface area contributed by atoms with Crippen molar-refractivity contribution in [3.05, 3.63) is 41.5 Å². The van der Waals surface area contributed by atoms with Gasteiger partial charge in [-0.2, -0.15) is 5.26 Å². The largest absolute Gasteiger partial charge is 0.323 e. The van der Waals surface area contributed by atoms with E-state index in [0.29, 0.717) is 0 Å². The Balaban J connectivity index is 2.82. The van der Waals surface area contributed by atoms with Crippen molar-refractivity contribution in [2.75, 3.05) is 5.32 Å². The van der Waals surface area contributed by atoms with Gasteiger partial charge in [-0.15, -0.1) is 0 Å². The number of nitrogens with one attached hydrogen (secondary N) is 1. The number of rotatable bonds is 3. The number of hydrogen-bond acceptors (Lipinski definition) is 2. The van der Waals surface area contributed by atoms with E-state index in [0.717, 1.165) is 16.8 Å². The van der Waals surface area contributed by atoms with E-state index in [2.05, 4.69) is 11.4 Å². The molecular weight excluding hydrogens is 224 g/mol. The number of amides is 1. The molecule has 18 heavy (non-hydrogen) atoms. The first-order valence-corrected chi connectivity index (χ1v) is 5.83. The summed E-state index contributed by atoms with van der Waals surface area (Å²) < 4.78 is 0. The van der Waals surface area contributed by atoms with Crippen LogP contribution in [0.3, 0.4) is 0 Å². The third kappa shape index (κ3) is 3.74. The van der Waals surface area contributed by atoms with Crippen molar-refractivity contribution in [1.82, 2.24) is 0 Å². The quantitative estimate of drug-likeness (QED) is 0.826.